The molecular weight excluding hydrogens is 494 g/mol. The zero-order valence-corrected chi connectivity index (χ0v) is 20.6. The molecule has 3 heterocycles. The third-order valence-corrected chi connectivity index (χ3v) is 7.94. The zero-order valence-electron chi connectivity index (χ0n) is 19.0. The Morgan fingerprint density at radius 3 is 2.60 bits per heavy atom. The van der Waals surface area contributed by atoms with Gasteiger partial charge in [-0.2, -0.15) is 15.4 Å². The van der Waals surface area contributed by atoms with Crippen molar-refractivity contribution in [3.8, 4) is 0 Å². The summed E-state index contributed by atoms with van der Waals surface area (Å²) in [5.41, 5.74) is 2.42. The Morgan fingerprint density at radius 2 is 1.80 bits per heavy atom. The first-order valence-corrected chi connectivity index (χ1v) is 13.5. The van der Waals surface area contributed by atoms with Crippen LogP contribution in [0.1, 0.15) is 22.3 Å². The SMILES string of the molecule is CS(=O)(=O)c1cc(Cl)cc(COC(=O)N2CC[C@@H]3CN(C(=O)c4ccc5n[nH]nc5c4)C[C@H]3C2)c1. The van der Waals surface area contributed by atoms with Crippen LogP contribution in [0.5, 0.6) is 0 Å². The average molecular weight is 518 g/mol. The number of ether oxygens (including phenoxy) is 1. The van der Waals surface area contributed by atoms with Gasteiger partial charge in [-0.3, -0.25) is 4.79 Å². The van der Waals surface area contributed by atoms with Crippen molar-refractivity contribution in [2.24, 2.45) is 11.8 Å². The van der Waals surface area contributed by atoms with E-state index < -0.39 is 15.9 Å². The second-order valence-electron chi connectivity index (χ2n) is 9.11. The molecule has 2 aromatic carbocycles. The summed E-state index contributed by atoms with van der Waals surface area (Å²) in [6.45, 7) is 2.18. The van der Waals surface area contributed by atoms with Crippen LogP contribution in [-0.2, 0) is 21.2 Å². The maximum Gasteiger partial charge on any atom is 0.410 e. The highest BCUT2D eigenvalue weighted by atomic mass is 35.5. The van der Waals surface area contributed by atoms with Crippen LogP contribution >= 0.6 is 11.6 Å². The molecule has 0 radical (unpaired) electrons. The predicted octanol–water partition coefficient (Wildman–Crippen LogP) is 2.75. The lowest BCUT2D eigenvalue weighted by Gasteiger charge is -2.33. The molecule has 2 aliphatic heterocycles. The third-order valence-electron chi connectivity index (χ3n) is 6.63. The van der Waals surface area contributed by atoms with E-state index in [2.05, 4.69) is 15.4 Å². The molecule has 0 aliphatic carbocycles. The van der Waals surface area contributed by atoms with Crippen molar-refractivity contribution in [2.75, 3.05) is 32.4 Å². The lowest BCUT2D eigenvalue weighted by Crippen LogP contribution is -2.43. The van der Waals surface area contributed by atoms with Crippen LogP contribution in [0.25, 0.3) is 11.0 Å². The van der Waals surface area contributed by atoms with Crippen molar-refractivity contribution in [2.45, 2.75) is 17.9 Å². The van der Waals surface area contributed by atoms with Gasteiger partial charge in [-0.05, 0) is 60.2 Å². The molecule has 5 rings (SSSR count). The highest BCUT2D eigenvalue weighted by Crippen LogP contribution is 2.32. The standard InChI is InChI=1S/C23H24ClN5O5S/c1-35(32,33)19-7-14(6-18(24)9-19)13-34-23(31)28-5-4-16-10-29(12-17(16)11-28)22(30)15-2-3-20-21(8-15)26-27-25-20/h2-3,6-9,16-17H,4-5,10-13H2,1H3,(H,25,26,27)/t16-,17-/m1/s1. The van der Waals surface area contributed by atoms with Gasteiger partial charge in [0.15, 0.2) is 9.84 Å². The van der Waals surface area contributed by atoms with Crippen LogP contribution in [0.2, 0.25) is 5.02 Å². The number of piperidine rings is 1. The topological polar surface area (TPSA) is 126 Å². The number of carbonyl (C=O) groups excluding carboxylic acids is 2. The van der Waals surface area contributed by atoms with E-state index in [1.165, 1.54) is 12.1 Å². The number of likely N-dealkylation sites (tertiary alicyclic amines) is 2. The van der Waals surface area contributed by atoms with E-state index in [-0.39, 0.29) is 28.4 Å². The molecule has 0 unspecified atom stereocenters. The van der Waals surface area contributed by atoms with Gasteiger partial charge in [0.1, 0.15) is 17.6 Å². The van der Waals surface area contributed by atoms with Crippen molar-refractivity contribution in [1.29, 1.82) is 0 Å². The number of sulfone groups is 1. The molecule has 35 heavy (non-hydrogen) atoms. The molecule has 3 aromatic rings. The van der Waals surface area contributed by atoms with E-state index in [9.17, 15) is 18.0 Å². The average Bonchev–Trinajstić information content (AvgIpc) is 3.47. The first kappa shape index (κ1) is 23.6. The highest BCUT2D eigenvalue weighted by molar-refractivity contribution is 7.90. The summed E-state index contributed by atoms with van der Waals surface area (Å²) in [6.07, 6.45) is 1.41. The Kier molecular flexibility index (Phi) is 6.14. The number of rotatable bonds is 4. The first-order valence-electron chi connectivity index (χ1n) is 11.2. The number of nitrogens with zero attached hydrogens (tertiary/aromatic N) is 4. The first-order chi connectivity index (χ1) is 16.7. The number of nitrogens with one attached hydrogen (secondary N) is 1. The number of aromatic nitrogens is 3. The number of halogens is 1. The van der Waals surface area contributed by atoms with Crippen LogP contribution in [0, 0.1) is 11.8 Å². The van der Waals surface area contributed by atoms with Crippen molar-refractivity contribution < 1.29 is 22.7 Å². The maximum absolute atomic E-state index is 13.1. The van der Waals surface area contributed by atoms with E-state index in [1.54, 1.807) is 29.2 Å². The van der Waals surface area contributed by atoms with E-state index in [0.29, 0.717) is 54.3 Å². The molecule has 0 saturated carbocycles. The van der Waals surface area contributed by atoms with Crippen LogP contribution in [0.3, 0.4) is 0 Å². The monoisotopic (exact) mass is 517 g/mol. The Labute approximate surface area is 207 Å². The number of hydrogen-bond donors (Lipinski definition) is 1. The Morgan fingerprint density at radius 1 is 1.06 bits per heavy atom. The number of fused-ring (bicyclic) bond motifs is 2. The second kappa shape index (κ2) is 9.12. The molecule has 10 nitrogen and oxygen atoms in total. The molecule has 2 aliphatic rings. The maximum atomic E-state index is 13.1. The third kappa shape index (κ3) is 4.96. The number of amides is 2. The smallest absolute Gasteiger partial charge is 0.410 e. The molecule has 2 atom stereocenters. The van der Waals surface area contributed by atoms with Gasteiger partial charge >= 0.3 is 6.09 Å². The largest absolute Gasteiger partial charge is 0.445 e. The van der Waals surface area contributed by atoms with Crippen LogP contribution < -0.4 is 0 Å². The minimum Gasteiger partial charge on any atom is -0.445 e. The van der Waals surface area contributed by atoms with Crippen LogP contribution in [0.4, 0.5) is 4.79 Å². The fourth-order valence-corrected chi connectivity index (χ4v) is 5.84. The van der Waals surface area contributed by atoms with Gasteiger partial charge in [0.25, 0.3) is 5.91 Å². The number of H-pyrrole nitrogens is 1. The molecule has 2 amide bonds. The molecule has 12 heteroatoms. The summed E-state index contributed by atoms with van der Waals surface area (Å²) in [6, 6.07) is 9.65. The van der Waals surface area contributed by atoms with Gasteiger partial charge in [-0.25, -0.2) is 13.2 Å². The lowest BCUT2D eigenvalue weighted by molar-refractivity contribution is 0.0728. The van der Waals surface area contributed by atoms with Crippen molar-refractivity contribution in [3.63, 3.8) is 0 Å². The van der Waals surface area contributed by atoms with Crippen molar-refractivity contribution in [3.05, 3.63) is 52.5 Å². The molecule has 1 N–H and O–H groups in total. The van der Waals surface area contributed by atoms with Crippen molar-refractivity contribution in [1.82, 2.24) is 25.2 Å². The number of carbonyl (C=O) groups is 2. The van der Waals surface area contributed by atoms with Gasteiger partial charge in [-0.1, -0.05) is 11.6 Å². The fraction of sp³-hybridized carbons (Fsp3) is 0.391. The number of hydrogen-bond acceptors (Lipinski definition) is 7. The lowest BCUT2D eigenvalue weighted by atomic mass is 9.89. The van der Waals surface area contributed by atoms with Gasteiger partial charge in [-0.15, -0.1) is 0 Å². The molecule has 2 fully saturated rings. The molecular formula is C23H24ClN5O5S. The Balaban J connectivity index is 1.19. The minimum atomic E-state index is -3.43. The van der Waals surface area contributed by atoms with Gasteiger partial charge < -0.3 is 14.5 Å². The van der Waals surface area contributed by atoms with Gasteiger partial charge in [0, 0.05) is 43.0 Å². The summed E-state index contributed by atoms with van der Waals surface area (Å²) in [5, 5.41) is 10.9. The molecule has 0 spiro atoms. The molecule has 0 bridgehead atoms. The van der Waals surface area contributed by atoms with Gasteiger partial charge in [0.2, 0.25) is 0 Å². The number of aromatic amines is 1. The van der Waals surface area contributed by atoms with E-state index in [4.69, 9.17) is 16.3 Å². The summed E-state index contributed by atoms with van der Waals surface area (Å²) >= 11 is 6.03. The minimum absolute atomic E-state index is 0.0546. The Hall–Kier alpha value is -3.18. The normalized spacial score (nSPS) is 20.2. The van der Waals surface area contributed by atoms with E-state index in [0.717, 1.165) is 12.7 Å². The Bertz CT molecular complexity index is 1410. The van der Waals surface area contributed by atoms with Crippen molar-refractivity contribution >= 4 is 44.5 Å². The number of benzene rings is 2. The van der Waals surface area contributed by atoms with Crippen LogP contribution in [0.15, 0.2) is 41.3 Å². The molecule has 184 valence electrons. The van der Waals surface area contributed by atoms with E-state index >= 15 is 0 Å². The van der Waals surface area contributed by atoms with E-state index in [1.807, 2.05) is 4.90 Å². The quantitative estimate of drug-likeness (QED) is 0.564. The summed E-state index contributed by atoms with van der Waals surface area (Å²) in [4.78, 5) is 29.4. The molecule has 2 saturated heterocycles. The summed E-state index contributed by atoms with van der Waals surface area (Å²) < 4.78 is 29.1. The van der Waals surface area contributed by atoms with Crippen LogP contribution in [-0.4, -0.2) is 78.1 Å². The fourth-order valence-electron chi connectivity index (χ4n) is 4.81. The predicted molar refractivity (Wildman–Crippen MR) is 128 cm³/mol. The summed E-state index contributed by atoms with van der Waals surface area (Å²) in [5.74, 6) is 0.434. The zero-order chi connectivity index (χ0) is 24.7. The highest BCUT2D eigenvalue weighted by Gasteiger charge is 2.40. The van der Waals surface area contributed by atoms with Gasteiger partial charge in [0.05, 0.1) is 4.90 Å². The second-order valence-corrected chi connectivity index (χ2v) is 11.6. The summed E-state index contributed by atoms with van der Waals surface area (Å²) in [7, 11) is -3.43. The molecule has 1 aromatic heterocycles.